The maximum atomic E-state index is 12.6. The second-order valence-electron chi connectivity index (χ2n) is 7.64. The number of amides is 1. The summed E-state index contributed by atoms with van der Waals surface area (Å²) in [6.07, 6.45) is 4.37. The average Bonchev–Trinajstić information content (AvgIpc) is 3.15. The van der Waals surface area contributed by atoms with Gasteiger partial charge in [-0.1, -0.05) is 13.8 Å². The molecule has 1 amide bonds. The quantitative estimate of drug-likeness (QED) is 0.701. The van der Waals surface area contributed by atoms with Crippen LogP contribution in [0.3, 0.4) is 0 Å². The van der Waals surface area contributed by atoms with E-state index in [1.807, 2.05) is 32.0 Å². The predicted octanol–water partition coefficient (Wildman–Crippen LogP) is 4.43. The molecule has 2 fully saturated rings. The summed E-state index contributed by atoms with van der Waals surface area (Å²) in [5.41, 5.74) is -0.484. The summed E-state index contributed by atoms with van der Waals surface area (Å²) in [7, 11) is 0. The highest BCUT2D eigenvalue weighted by Crippen LogP contribution is 2.43. The molecule has 0 spiro atoms. The van der Waals surface area contributed by atoms with Gasteiger partial charge in [0.2, 0.25) is 0 Å². The first-order chi connectivity index (χ1) is 10.2. The number of rotatable bonds is 5. The largest absolute Gasteiger partial charge is 0.443 e. The Morgan fingerprint density at radius 2 is 1.86 bits per heavy atom. The SMILES string of the molecule is CCC(=O)C1CC(N(SC2CC2)C(=O)OC(C)(C)C)CC1C. The van der Waals surface area contributed by atoms with E-state index in [-0.39, 0.29) is 18.1 Å². The molecule has 3 atom stereocenters. The number of hydrogen-bond donors (Lipinski definition) is 0. The monoisotopic (exact) mass is 327 g/mol. The van der Waals surface area contributed by atoms with Gasteiger partial charge >= 0.3 is 6.09 Å². The maximum Gasteiger partial charge on any atom is 0.420 e. The fraction of sp³-hybridized carbons (Fsp3) is 0.882. The van der Waals surface area contributed by atoms with Crippen LogP contribution in [0.15, 0.2) is 0 Å². The van der Waals surface area contributed by atoms with Crippen LogP contribution in [0.25, 0.3) is 0 Å². The first-order valence-corrected chi connectivity index (χ1v) is 9.26. The molecule has 0 aliphatic heterocycles. The number of Topliss-reactive ketones (excluding diaryl/α,β-unsaturated/α-hetero) is 1. The van der Waals surface area contributed by atoms with Crippen LogP contribution >= 0.6 is 11.9 Å². The highest BCUT2D eigenvalue weighted by molar-refractivity contribution is 7.98. The molecule has 0 aromatic rings. The highest BCUT2D eigenvalue weighted by Gasteiger charge is 2.42. The van der Waals surface area contributed by atoms with Crippen LogP contribution in [-0.2, 0) is 9.53 Å². The Morgan fingerprint density at radius 1 is 1.23 bits per heavy atom. The van der Waals surface area contributed by atoms with Crippen molar-refractivity contribution < 1.29 is 14.3 Å². The van der Waals surface area contributed by atoms with Crippen LogP contribution in [0.4, 0.5) is 4.79 Å². The highest BCUT2D eigenvalue weighted by atomic mass is 32.2. The van der Waals surface area contributed by atoms with E-state index in [0.717, 1.165) is 12.8 Å². The fourth-order valence-corrected chi connectivity index (χ4v) is 4.17. The van der Waals surface area contributed by atoms with E-state index in [9.17, 15) is 9.59 Å². The van der Waals surface area contributed by atoms with E-state index in [1.54, 1.807) is 11.9 Å². The molecule has 2 saturated carbocycles. The van der Waals surface area contributed by atoms with Gasteiger partial charge in [0.1, 0.15) is 11.4 Å². The third-order valence-corrected chi connectivity index (χ3v) is 5.75. The van der Waals surface area contributed by atoms with Gasteiger partial charge in [-0.25, -0.2) is 9.10 Å². The minimum Gasteiger partial charge on any atom is -0.443 e. The molecule has 0 aromatic heterocycles. The molecule has 0 N–H and O–H groups in total. The van der Waals surface area contributed by atoms with Crippen LogP contribution in [0.2, 0.25) is 0 Å². The Hall–Kier alpha value is -0.710. The topological polar surface area (TPSA) is 46.6 Å². The van der Waals surface area contributed by atoms with E-state index in [0.29, 0.717) is 23.4 Å². The zero-order valence-corrected chi connectivity index (χ0v) is 15.2. The first kappa shape index (κ1) is 17.6. The summed E-state index contributed by atoms with van der Waals surface area (Å²) in [5, 5.41) is 0.545. The van der Waals surface area contributed by atoms with Crippen molar-refractivity contribution in [2.75, 3.05) is 0 Å². The van der Waals surface area contributed by atoms with E-state index in [1.165, 1.54) is 12.8 Å². The molecular formula is C17H29NO3S. The smallest absolute Gasteiger partial charge is 0.420 e. The van der Waals surface area contributed by atoms with Crippen molar-refractivity contribution in [3.63, 3.8) is 0 Å². The van der Waals surface area contributed by atoms with Crippen molar-refractivity contribution in [3.8, 4) is 0 Å². The number of carbonyl (C=O) groups excluding carboxylic acids is 2. The molecule has 2 rings (SSSR count). The van der Waals surface area contributed by atoms with Gasteiger partial charge < -0.3 is 4.74 Å². The second-order valence-corrected chi connectivity index (χ2v) is 8.91. The summed E-state index contributed by atoms with van der Waals surface area (Å²) in [6, 6.07) is 0.121. The number of ether oxygens (including phenoxy) is 1. The van der Waals surface area contributed by atoms with Gasteiger partial charge in [-0.15, -0.1) is 0 Å². The van der Waals surface area contributed by atoms with Crippen LogP contribution in [0.1, 0.15) is 66.7 Å². The Balaban J connectivity index is 2.05. The third-order valence-electron chi connectivity index (χ3n) is 4.31. The molecule has 0 saturated heterocycles. The second kappa shape index (κ2) is 6.81. The molecule has 5 heteroatoms. The normalized spacial score (nSPS) is 28.5. The van der Waals surface area contributed by atoms with Crippen molar-refractivity contribution in [1.29, 1.82) is 0 Å². The Kier molecular flexibility index (Phi) is 5.46. The molecule has 126 valence electrons. The van der Waals surface area contributed by atoms with Crippen LogP contribution < -0.4 is 0 Å². The molecule has 0 bridgehead atoms. The van der Waals surface area contributed by atoms with Gasteiger partial charge in [-0.2, -0.15) is 0 Å². The maximum absolute atomic E-state index is 12.6. The van der Waals surface area contributed by atoms with Crippen LogP contribution in [0, 0.1) is 11.8 Å². The molecule has 2 aliphatic rings. The van der Waals surface area contributed by atoms with Crippen molar-refractivity contribution in [2.24, 2.45) is 11.8 Å². The molecule has 0 heterocycles. The zero-order valence-electron chi connectivity index (χ0n) is 14.4. The lowest BCUT2D eigenvalue weighted by Crippen LogP contribution is -2.38. The molecule has 2 aliphatic carbocycles. The summed E-state index contributed by atoms with van der Waals surface area (Å²) in [5.74, 6) is 0.775. The summed E-state index contributed by atoms with van der Waals surface area (Å²) < 4.78 is 7.42. The molecule has 0 aromatic carbocycles. The molecule has 0 radical (unpaired) electrons. The third kappa shape index (κ3) is 4.64. The van der Waals surface area contributed by atoms with Crippen LogP contribution in [0.5, 0.6) is 0 Å². The van der Waals surface area contributed by atoms with Crippen LogP contribution in [-0.4, -0.2) is 33.1 Å². The van der Waals surface area contributed by atoms with Crippen molar-refractivity contribution in [1.82, 2.24) is 4.31 Å². The van der Waals surface area contributed by atoms with E-state index >= 15 is 0 Å². The van der Waals surface area contributed by atoms with Crippen molar-refractivity contribution in [2.45, 2.75) is 83.6 Å². The van der Waals surface area contributed by atoms with Gasteiger partial charge in [0.25, 0.3) is 0 Å². The Bertz CT molecular complexity index is 428. The van der Waals surface area contributed by atoms with Crippen molar-refractivity contribution >= 4 is 23.8 Å². The number of carbonyl (C=O) groups is 2. The van der Waals surface area contributed by atoms with E-state index in [2.05, 4.69) is 6.92 Å². The lowest BCUT2D eigenvalue weighted by atomic mass is 9.92. The lowest BCUT2D eigenvalue weighted by Gasteiger charge is -2.30. The predicted molar refractivity (Wildman–Crippen MR) is 89.7 cm³/mol. The minimum absolute atomic E-state index is 0.0970. The van der Waals surface area contributed by atoms with Crippen molar-refractivity contribution in [3.05, 3.63) is 0 Å². The molecular weight excluding hydrogens is 298 g/mol. The van der Waals surface area contributed by atoms with Gasteiger partial charge in [-0.3, -0.25) is 4.79 Å². The Morgan fingerprint density at radius 3 is 2.36 bits per heavy atom. The first-order valence-electron chi connectivity index (χ1n) is 8.43. The lowest BCUT2D eigenvalue weighted by molar-refractivity contribution is -0.123. The standard InChI is InChI=1S/C17H29NO3S/c1-6-15(19)14-10-12(9-11(14)2)18(22-13-7-8-13)16(20)21-17(3,4)5/h11-14H,6-10H2,1-5H3. The van der Waals surface area contributed by atoms with E-state index < -0.39 is 5.60 Å². The van der Waals surface area contributed by atoms with Gasteiger partial charge in [-0.05, 0) is 64.3 Å². The molecule has 4 nitrogen and oxygen atoms in total. The van der Waals surface area contributed by atoms with Gasteiger partial charge in [0, 0.05) is 23.6 Å². The Labute approximate surface area is 138 Å². The number of hydrogen-bond acceptors (Lipinski definition) is 4. The summed E-state index contributed by atoms with van der Waals surface area (Å²) >= 11 is 1.63. The van der Waals surface area contributed by atoms with Gasteiger partial charge in [0.05, 0.1) is 0 Å². The summed E-state index contributed by atoms with van der Waals surface area (Å²) in [4.78, 5) is 24.6. The summed E-state index contributed by atoms with van der Waals surface area (Å²) in [6.45, 7) is 9.74. The van der Waals surface area contributed by atoms with E-state index in [4.69, 9.17) is 4.74 Å². The van der Waals surface area contributed by atoms with Gasteiger partial charge in [0.15, 0.2) is 0 Å². The number of ketones is 1. The fourth-order valence-electron chi connectivity index (χ4n) is 3.04. The average molecular weight is 327 g/mol. The zero-order chi connectivity index (χ0) is 16.5. The minimum atomic E-state index is -0.484. The molecule has 22 heavy (non-hydrogen) atoms. The number of nitrogens with zero attached hydrogens (tertiary/aromatic N) is 1. The molecule has 3 unspecified atom stereocenters.